The van der Waals surface area contributed by atoms with Crippen LogP contribution in [-0.2, 0) is 4.79 Å². The van der Waals surface area contributed by atoms with Crippen molar-refractivity contribution in [2.24, 2.45) is 5.41 Å². The molecule has 4 heteroatoms. The number of nitrogens with zero attached hydrogens (tertiary/aromatic N) is 1. The number of carbonyl (C=O) groups excluding carboxylic acids is 1. The van der Waals surface area contributed by atoms with Gasteiger partial charge in [-0.3, -0.25) is 4.79 Å². The molecule has 1 heterocycles. The molecule has 1 unspecified atom stereocenters. The molecule has 2 fully saturated rings. The van der Waals surface area contributed by atoms with Crippen LogP contribution in [-0.4, -0.2) is 40.4 Å². The zero-order valence-corrected chi connectivity index (χ0v) is 10.8. The average molecular weight is 243 g/mol. The fourth-order valence-corrected chi connectivity index (χ4v) is 2.86. The Kier molecular flexibility index (Phi) is 3.23. The highest BCUT2D eigenvalue weighted by molar-refractivity contribution is 7.80. The standard InChI is InChI=1S/C12H21NO2S/c1-11(15)3-2-6-13(8-11)10(14)7-12(9-16)4-5-12/h15-16H,2-9H2,1H3. The lowest BCUT2D eigenvalue weighted by Crippen LogP contribution is -2.49. The van der Waals surface area contributed by atoms with E-state index in [-0.39, 0.29) is 11.3 Å². The van der Waals surface area contributed by atoms with E-state index in [4.69, 9.17) is 0 Å². The number of likely N-dealkylation sites (tertiary alicyclic amines) is 1. The van der Waals surface area contributed by atoms with Gasteiger partial charge in [-0.2, -0.15) is 12.6 Å². The monoisotopic (exact) mass is 243 g/mol. The maximum absolute atomic E-state index is 12.1. The zero-order chi connectivity index (χ0) is 11.8. The van der Waals surface area contributed by atoms with Crippen LogP contribution < -0.4 is 0 Å². The molecule has 0 bridgehead atoms. The van der Waals surface area contributed by atoms with Crippen LogP contribution in [0, 0.1) is 5.41 Å². The van der Waals surface area contributed by atoms with Gasteiger partial charge in [0, 0.05) is 19.5 Å². The van der Waals surface area contributed by atoms with E-state index in [2.05, 4.69) is 12.6 Å². The van der Waals surface area contributed by atoms with Gasteiger partial charge in [0.2, 0.25) is 5.91 Å². The molecule has 1 aliphatic carbocycles. The normalized spacial score (nSPS) is 32.6. The Morgan fingerprint density at radius 2 is 2.12 bits per heavy atom. The van der Waals surface area contributed by atoms with Gasteiger partial charge in [0.1, 0.15) is 0 Å². The first-order valence-electron chi connectivity index (χ1n) is 6.07. The van der Waals surface area contributed by atoms with Crippen molar-refractivity contribution in [1.29, 1.82) is 0 Å². The van der Waals surface area contributed by atoms with E-state index in [1.807, 2.05) is 11.8 Å². The molecule has 0 aromatic heterocycles. The molecule has 1 amide bonds. The molecule has 0 aromatic carbocycles. The van der Waals surface area contributed by atoms with Crippen molar-refractivity contribution in [3.63, 3.8) is 0 Å². The maximum atomic E-state index is 12.1. The highest BCUT2D eigenvalue weighted by Gasteiger charge is 2.44. The summed E-state index contributed by atoms with van der Waals surface area (Å²) in [5, 5.41) is 9.96. The Bertz CT molecular complexity index is 287. The molecule has 1 atom stereocenters. The Morgan fingerprint density at radius 1 is 1.44 bits per heavy atom. The summed E-state index contributed by atoms with van der Waals surface area (Å²) in [5.41, 5.74) is -0.505. The van der Waals surface area contributed by atoms with Gasteiger partial charge in [0.15, 0.2) is 0 Å². The number of β-amino-alcohol motifs (C(OH)–C–C–N with tert-alkyl or cyclic N) is 1. The number of hydrogen-bond donors (Lipinski definition) is 2. The minimum Gasteiger partial charge on any atom is -0.388 e. The van der Waals surface area contributed by atoms with Crippen molar-refractivity contribution < 1.29 is 9.90 Å². The summed E-state index contributed by atoms with van der Waals surface area (Å²) < 4.78 is 0. The van der Waals surface area contributed by atoms with Gasteiger partial charge >= 0.3 is 0 Å². The molecule has 1 aliphatic heterocycles. The van der Waals surface area contributed by atoms with Gasteiger partial charge in [-0.1, -0.05) is 0 Å². The summed E-state index contributed by atoms with van der Waals surface area (Å²) in [6, 6.07) is 0. The van der Waals surface area contributed by atoms with Crippen LogP contribution in [0.4, 0.5) is 0 Å². The molecule has 0 aromatic rings. The Hall–Kier alpha value is -0.220. The largest absolute Gasteiger partial charge is 0.388 e. The van der Waals surface area contributed by atoms with Crippen LogP contribution in [0.2, 0.25) is 0 Å². The van der Waals surface area contributed by atoms with Crippen molar-refractivity contribution in [3.05, 3.63) is 0 Å². The molecular weight excluding hydrogens is 222 g/mol. The van der Waals surface area contributed by atoms with Gasteiger partial charge in [-0.05, 0) is 43.8 Å². The Labute approximate surface area is 103 Å². The van der Waals surface area contributed by atoms with Crippen LogP contribution in [0.1, 0.15) is 39.0 Å². The summed E-state index contributed by atoms with van der Waals surface area (Å²) in [4.78, 5) is 13.9. The van der Waals surface area contributed by atoms with E-state index in [0.717, 1.165) is 38.0 Å². The van der Waals surface area contributed by atoms with Crippen LogP contribution >= 0.6 is 12.6 Å². The van der Waals surface area contributed by atoms with Gasteiger partial charge in [-0.25, -0.2) is 0 Å². The van der Waals surface area contributed by atoms with Gasteiger partial charge in [-0.15, -0.1) is 0 Å². The minimum atomic E-state index is -0.689. The lowest BCUT2D eigenvalue weighted by molar-refractivity contribution is -0.138. The summed E-state index contributed by atoms with van der Waals surface area (Å²) >= 11 is 4.32. The summed E-state index contributed by atoms with van der Waals surface area (Å²) in [6.07, 6.45) is 4.59. The van der Waals surface area contributed by atoms with Crippen LogP contribution in [0.5, 0.6) is 0 Å². The van der Waals surface area contributed by atoms with Gasteiger partial charge in [0.05, 0.1) is 5.60 Å². The topological polar surface area (TPSA) is 40.5 Å². The van der Waals surface area contributed by atoms with E-state index in [1.165, 1.54) is 0 Å². The lowest BCUT2D eigenvalue weighted by atomic mass is 9.94. The van der Waals surface area contributed by atoms with Crippen molar-refractivity contribution in [2.75, 3.05) is 18.8 Å². The quantitative estimate of drug-likeness (QED) is 0.737. The molecule has 92 valence electrons. The van der Waals surface area contributed by atoms with Gasteiger partial charge < -0.3 is 10.0 Å². The molecule has 1 saturated heterocycles. The van der Waals surface area contributed by atoms with Gasteiger partial charge in [0.25, 0.3) is 0 Å². The lowest BCUT2D eigenvalue weighted by Gasteiger charge is -2.37. The first kappa shape index (κ1) is 12.2. The van der Waals surface area contributed by atoms with E-state index in [0.29, 0.717) is 13.0 Å². The minimum absolute atomic E-state index is 0.184. The van der Waals surface area contributed by atoms with E-state index in [9.17, 15) is 9.90 Å². The molecule has 1 N–H and O–H groups in total. The number of carbonyl (C=O) groups is 1. The van der Waals surface area contributed by atoms with E-state index >= 15 is 0 Å². The Morgan fingerprint density at radius 3 is 2.62 bits per heavy atom. The number of hydrogen-bond acceptors (Lipinski definition) is 3. The van der Waals surface area contributed by atoms with Crippen molar-refractivity contribution in [3.8, 4) is 0 Å². The summed E-state index contributed by atoms with van der Waals surface area (Å²) in [7, 11) is 0. The molecule has 0 spiro atoms. The fraction of sp³-hybridized carbons (Fsp3) is 0.917. The van der Waals surface area contributed by atoms with Crippen LogP contribution in [0.15, 0.2) is 0 Å². The number of piperidine rings is 1. The molecule has 3 nitrogen and oxygen atoms in total. The highest BCUT2D eigenvalue weighted by Crippen LogP contribution is 2.50. The van der Waals surface area contributed by atoms with Crippen molar-refractivity contribution in [2.45, 2.75) is 44.6 Å². The van der Waals surface area contributed by atoms with E-state index < -0.39 is 5.60 Å². The first-order chi connectivity index (χ1) is 7.46. The fourth-order valence-electron chi connectivity index (χ4n) is 2.43. The second-order valence-corrected chi connectivity index (χ2v) is 6.07. The number of rotatable bonds is 3. The second kappa shape index (κ2) is 4.22. The van der Waals surface area contributed by atoms with Crippen molar-refractivity contribution in [1.82, 2.24) is 4.90 Å². The third-order valence-corrected chi connectivity index (χ3v) is 4.52. The molecule has 1 saturated carbocycles. The zero-order valence-electron chi connectivity index (χ0n) is 9.91. The van der Waals surface area contributed by atoms with Crippen LogP contribution in [0.25, 0.3) is 0 Å². The Balaban J connectivity index is 1.89. The first-order valence-corrected chi connectivity index (χ1v) is 6.71. The highest BCUT2D eigenvalue weighted by atomic mass is 32.1. The number of aliphatic hydroxyl groups is 1. The maximum Gasteiger partial charge on any atom is 0.223 e. The number of amides is 1. The number of thiol groups is 1. The molecular formula is C12H21NO2S. The summed E-state index contributed by atoms with van der Waals surface area (Å²) in [6.45, 7) is 3.12. The summed E-state index contributed by atoms with van der Waals surface area (Å²) in [5.74, 6) is 1.01. The third-order valence-electron chi connectivity index (χ3n) is 3.85. The SMILES string of the molecule is CC1(O)CCCN(C(=O)CC2(CS)CC2)C1. The van der Waals surface area contributed by atoms with Crippen LogP contribution in [0.3, 0.4) is 0 Å². The molecule has 2 rings (SSSR count). The second-order valence-electron chi connectivity index (χ2n) is 5.75. The van der Waals surface area contributed by atoms with Crippen molar-refractivity contribution >= 4 is 18.5 Å². The third kappa shape index (κ3) is 2.72. The van der Waals surface area contributed by atoms with E-state index in [1.54, 1.807) is 0 Å². The smallest absolute Gasteiger partial charge is 0.223 e. The predicted octanol–water partition coefficient (Wildman–Crippen LogP) is 1.46. The average Bonchev–Trinajstić information content (AvgIpc) is 2.97. The molecule has 2 aliphatic rings. The molecule has 16 heavy (non-hydrogen) atoms. The molecule has 0 radical (unpaired) electrons. The predicted molar refractivity (Wildman–Crippen MR) is 66.6 cm³/mol.